The molecule has 482 valence electrons. The molecule has 0 bridgehead atoms. The van der Waals surface area contributed by atoms with Crippen molar-refractivity contribution in [1.29, 1.82) is 0 Å². The summed E-state index contributed by atoms with van der Waals surface area (Å²) in [6.45, 7) is -2.68. The molecule has 7 fully saturated rings. The zero-order valence-corrected chi connectivity index (χ0v) is 44.5. The van der Waals surface area contributed by atoms with Gasteiger partial charge in [0.1, 0.15) is 165 Å². The van der Waals surface area contributed by atoms with E-state index in [1.54, 1.807) is 0 Å². The number of nitrogens with one attached hydrogen (secondary N) is 2. The molecule has 7 rings (SSSR count). The summed E-state index contributed by atoms with van der Waals surface area (Å²) in [5.41, 5.74) is 0. The maximum absolute atomic E-state index is 12.9. The number of hydrogen-bond donors (Lipinski definition) is 22. The molecular weight excluding hydrogens is 1140 g/mol. The number of carbonyl (C=O) groups is 2. The second kappa shape index (κ2) is 29.3. The van der Waals surface area contributed by atoms with Crippen molar-refractivity contribution < 1.29 is 173 Å². The third-order valence-corrected chi connectivity index (χ3v) is 15.3. The van der Waals surface area contributed by atoms with Gasteiger partial charge in [-0.1, -0.05) is 0 Å². The molecule has 0 unspecified atom stereocenters. The minimum absolute atomic E-state index is 0.796. The van der Waals surface area contributed by atoms with Crippen LogP contribution in [0.2, 0.25) is 0 Å². The number of amides is 2. The van der Waals surface area contributed by atoms with Gasteiger partial charge in [-0.3, -0.25) is 9.59 Å². The van der Waals surface area contributed by atoms with Crippen LogP contribution in [0.1, 0.15) is 20.8 Å². The average Bonchev–Trinajstić information content (AvgIpc) is 3.54. The van der Waals surface area contributed by atoms with Crippen molar-refractivity contribution in [2.24, 2.45) is 0 Å². The molecule has 37 heteroatoms. The summed E-state index contributed by atoms with van der Waals surface area (Å²) in [4.78, 5) is 25.4. The van der Waals surface area contributed by atoms with Crippen molar-refractivity contribution in [3.63, 3.8) is 0 Å². The molecule has 0 aromatic heterocycles. The third-order valence-electron chi connectivity index (χ3n) is 15.3. The number of rotatable bonds is 20. The summed E-state index contributed by atoms with van der Waals surface area (Å²) >= 11 is 0. The molecule has 0 spiro atoms. The van der Waals surface area contributed by atoms with E-state index in [2.05, 4.69) is 10.6 Å². The fourth-order valence-corrected chi connectivity index (χ4v) is 10.6. The number of ether oxygens (including phenoxy) is 13. The van der Waals surface area contributed by atoms with E-state index in [1.165, 1.54) is 6.92 Å². The van der Waals surface area contributed by atoms with Crippen LogP contribution in [-0.4, -0.2) is 368 Å². The highest BCUT2D eigenvalue weighted by Crippen LogP contribution is 2.38. The van der Waals surface area contributed by atoms with Gasteiger partial charge in [-0.2, -0.15) is 0 Å². The van der Waals surface area contributed by atoms with Crippen LogP contribution in [0.3, 0.4) is 0 Å². The Morgan fingerprint density at radius 3 is 1.29 bits per heavy atom. The summed E-state index contributed by atoms with van der Waals surface area (Å²) in [5, 5.41) is 221. The van der Waals surface area contributed by atoms with Crippen molar-refractivity contribution >= 4 is 11.8 Å². The maximum atomic E-state index is 12.9. The van der Waals surface area contributed by atoms with E-state index >= 15 is 0 Å². The highest BCUT2D eigenvalue weighted by molar-refractivity contribution is 5.73. The maximum Gasteiger partial charge on any atom is 0.217 e. The SMILES string of the molecule is CC(=O)N[C@@H]1[C@@H](O[C@H]2O[C@H](C)[C@H](O)[C@H](O)[C@H]2O)[C@H](O[C@@H]2O[C@H](CO)[C@@H](O[C@@H]3O[C@H](CO[C@H]4O[C@H](CO)[C@@H](O)[C@H](O)[C@@H]4O)[C@@H](O)[C@H](O[C@H]4O[C@H](CO)[C@@H](O)[C@H](O)[C@@H]4O[C@H]4O[C@H](CO)[C@@H](O)[C@H](O)[C@@H]4O)[C@@H]3O)[C@H](O)[C@H]2NC(C)=O)[C@@H](CO)O[C@H]1O. The van der Waals surface area contributed by atoms with Gasteiger partial charge in [0.05, 0.1) is 45.7 Å². The molecule has 22 N–H and O–H groups in total. The Balaban J connectivity index is 1.20. The van der Waals surface area contributed by atoms with Crippen LogP contribution < -0.4 is 10.6 Å². The molecule has 37 nitrogen and oxygen atoms in total. The van der Waals surface area contributed by atoms with Crippen molar-refractivity contribution in [1.82, 2.24) is 10.6 Å². The third kappa shape index (κ3) is 14.7. The lowest BCUT2D eigenvalue weighted by Crippen LogP contribution is -2.71. The molecule has 0 aromatic carbocycles. The van der Waals surface area contributed by atoms with Crippen LogP contribution in [0, 0.1) is 0 Å². The quantitative estimate of drug-likeness (QED) is 0.0538. The van der Waals surface area contributed by atoms with Crippen LogP contribution in [0.25, 0.3) is 0 Å². The lowest BCUT2D eigenvalue weighted by atomic mass is 9.93. The van der Waals surface area contributed by atoms with Gasteiger partial charge in [0.2, 0.25) is 11.8 Å². The number of carbonyl (C=O) groups excluding carboxylic acids is 2. The highest BCUT2D eigenvalue weighted by Gasteiger charge is 2.59. The summed E-state index contributed by atoms with van der Waals surface area (Å²) in [7, 11) is 0. The van der Waals surface area contributed by atoms with E-state index in [1.807, 2.05) is 0 Å². The van der Waals surface area contributed by atoms with E-state index in [-0.39, 0.29) is 0 Å². The minimum Gasteiger partial charge on any atom is -0.394 e. The first kappa shape index (κ1) is 68.1. The van der Waals surface area contributed by atoms with Gasteiger partial charge in [-0.05, 0) is 6.92 Å². The van der Waals surface area contributed by atoms with Crippen LogP contribution in [0.15, 0.2) is 0 Å². The van der Waals surface area contributed by atoms with Gasteiger partial charge in [-0.25, -0.2) is 0 Å². The van der Waals surface area contributed by atoms with E-state index in [0.29, 0.717) is 0 Å². The Morgan fingerprint density at radius 1 is 0.337 bits per heavy atom. The normalized spacial score (nSPS) is 50.8. The van der Waals surface area contributed by atoms with Gasteiger partial charge < -0.3 is 174 Å². The zero-order chi connectivity index (χ0) is 61.2. The van der Waals surface area contributed by atoms with Gasteiger partial charge in [-0.15, -0.1) is 0 Å². The molecule has 7 aliphatic rings. The summed E-state index contributed by atoms with van der Waals surface area (Å²) in [6, 6.07) is -3.54. The van der Waals surface area contributed by atoms with E-state index in [0.717, 1.165) is 13.8 Å². The van der Waals surface area contributed by atoms with Gasteiger partial charge in [0.15, 0.2) is 44.0 Å². The molecule has 7 saturated heterocycles. The summed E-state index contributed by atoms with van der Waals surface area (Å²) in [6.07, 6.45) is -64.2. The second-order valence-electron chi connectivity index (χ2n) is 21.1. The van der Waals surface area contributed by atoms with Crippen LogP contribution in [0.5, 0.6) is 0 Å². The van der Waals surface area contributed by atoms with Gasteiger partial charge >= 0.3 is 0 Å². The van der Waals surface area contributed by atoms with Gasteiger partial charge in [0.25, 0.3) is 0 Å². The first-order valence-electron chi connectivity index (χ1n) is 26.5. The Bertz CT molecular complexity index is 2040. The molecular formula is C46H78N2O35. The Hall–Kier alpha value is -2.38. The van der Waals surface area contributed by atoms with E-state index in [9.17, 15) is 112 Å². The Labute approximate surface area is 470 Å². The molecule has 2 amide bonds. The van der Waals surface area contributed by atoms with Crippen molar-refractivity contribution in [3.8, 4) is 0 Å². The predicted molar refractivity (Wildman–Crippen MR) is 254 cm³/mol. The molecule has 83 heavy (non-hydrogen) atoms. The topological polar surface area (TPSA) is 583 Å². The molecule has 0 aliphatic carbocycles. The lowest BCUT2D eigenvalue weighted by molar-refractivity contribution is -0.398. The standard InChI is InChI=1S/C46H78N2O35/c1-10-21(56)27(62)32(67)43(72-10)81-37-20(48-12(3)55)40(70)73-17(8-53)36(37)80-41-19(47-11(2)54)26(61)35(16(7-52)77-41)79-45-34(69)38(25(60)18(78-45)9-71-42-31(66)28(63)22(57)13(4-49)74-42)82-46-39(30(65)24(59)15(6-51)76-46)83-44-33(68)29(64)23(58)14(5-50)75-44/h10,13-46,49-53,56-70H,4-9H2,1-3H3,(H,47,54)(H,48,55)/t10-,13-,14-,15-,16-,17-,18-,19-,20-,21+,22-,23-,24-,25-,26-,27+,28+,29+,30+,31+,32-,33+,34+,35-,36-,37-,38+,39+,40-,41+,42+,43-,44-,45+,46-/m1/s1. The number of hydrogen-bond acceptors (Lipinski definition) is 35. The molecule has 7 aliphatic heterocycles. The monoisotopic (exact) mass is 1220 g/mol. The molecule has 35 atom stereocenters. The smallest absolute Gasteiger partial charge is 0.217 e. The Kier molecular flexibility index (Phi) is 24.0. The van der Waals surface area contributed by atoms with E-state index < -0.39 is 266 Å². The Morgan fingerprint density at radius 2 is 0.735 bits per heavy atom. The summed E-state index contributed by atoms with van der Waals surface area (Å²) in [5.74, 6) is -1.70. The van der Waals surface area contributed by atoms with Crippen molar-refractivity contribution in [2.75, 3.05) is 39.6 Å². The molecule has 7 heterocycles. The molecule has 0 aromatic rings. The molecule has 0 radical (unpaired) electrons. The number of aliphatic hydroxyl groups excluding tert-OH is 20. The predicted octanol–water partition coefficient (Wildman–Crippen LogP) is -15.0. The largest absolute Gasteiger partial charge is 0.394 e. The first-order valence-corrected chi connectivity index (χ1v) is 26.5. The minimum atomic E-state index is -2.39. The highest BCUT2D eigenvalue weighted by atomic mass is 16.8. The zero-order valence-electron chi connectivity index (χ0n) is 44.5. The summed E-state index contributed by atoms with van der Waals surface area (Å²) < 4.78 is 75.5. The van der Waals surface area contributed by atoms with Crippen LogP contribution in [-0.2, 0) is 71.2 Å². The van der Waals surface area contributed by atoms with E-state index in [4.69, 9.17) is 61.6 Å². The van der Waals surface area contributed by atoms with Gasteiger partial charge in [0, 0.05) is 13.8 Å². The van der Waals surface area contributed by atoms with Crippen molar-refractivity contribution in [3.05, 3.63) is 0 Å². The van der Waals surface area contributed by atoms with Crippen LogP contribution >= 0.6 is 0 Å². The molecule has 0 saturated carbocycles. The van der Waals surface area contributed by atoms with Crippen LogP contribution in [0.4, 0.5) is 0 Å². The average molecular weight is 1220 g/mol. The fourth-order valence-electron chi connectivity index (χ4n) is 10.6. The number of aliphatic hydroxyl groups is 20. The fraction of sp³-hybridized carbons (Fsp3) is 0.957. The second-order valence-corrected chi connectivity index (χ2v) is 21.1. The van der Waals surface area contributed by atoms with Crippen molar-refractivity contribution in [2.45, 2.75) is 236 Å². The lowest BCUT2D eigenvalue weighted by Gasteiger charge is -2.51. The first-order chi connectivity index (χ1) is 39.2.